The predicted octanol–water partition coefficient (Wildman–Crippen LogP) is 2.30. The molecule has 1 unspecified atom stereocenters. The molecule has 0 bridgehead atoms. The van der Waals surface area contributed by atoms with E-state index in [-0.39, 0.29) is 5.82 Å². The lowest BCUT2D eigenvalue weighted by Crippen LogP contribution is -2.52. The number of carbonyl (C=O) groups excluding carboxylic acids is 1. The van der Waals surface area contributed by atoms with E-state index in [2.05, 4.69) is 10.7 Å². The molecule has 3 nitrogen and oxygen atoms in total. The van der Waals surface area contributed by atoms with Crippen LogP contribution in [-0.2, 0) is 9.63 Å². The first-order valence-electron chi connectivity index (χ1n) is 5.94. The first-order chi connectivity index (χ1) is 9.13. The van der Waals surface area contributed by atoms with Crippen LogP contribution in [0.25, 0.3) is 11.1 Å². The minimum atomic E-state index is -0.531. The molecule has 0 aliphatic rings. The summed E-state index contributed by atoms with van der Waals surface area (Å²) >= 11 is 0. The summed E-state index contributed by atoms with van der Waals surface area (Å²) < 4.78 is 14.1. The van der Waals surface area contributed by atoms with Crippen molar-refractivity contribution in [2.75, 3.05) is 0 Å². The van der Waals surface area contributed by atoms with E-state index in [1.165, 1.54) is 6.07 Å². The standard InChI is InChI=1S/C15H15FNO2/c1-10(15(18)19-17)12-7-8-13(14(16)9-12)11-5-3-2-4-6-11/h2-10H,1,17H3/q+1. The van der Waals surface area contributed by atoms with Crippen LogP contribution >= 0.6 is 0 Å². The fourth-order valence-corrected chi connectivity index (χ4v) is 1.91. The Bertz CT molecular complexity index is 584. The zero-order chi connectivity index (χ0) is 13.8. The van der Waals surface area contributed by atoms with Crippen LogP contribution in [0.15, 0.2) is 48.5 Å². The summed E-state index contributed by atoms with van der Waals surface area (Å²) in [5.74, 6) is 1.71. The maximum Gasteiger partial charge on any atom is 0.373 e. The summed E-state index contributed by atoms with van der Waals surface area (Å²) in [6.07, 6.45) is 0. The molecular formula is C15H15FNO2+. The quantitative estimate of drug-likeness (QED) is 0.861. The Morgan fingerprint density at radius 3 is 2.47 bits per heavy atom. The van der Waals surface area contributed by atoms with E-state index in [9.17, 15) is 9.18 Å². The maximum atomic E-state index is 14.1. The zero-order valence-corrected chi connectivity index (χ0v) is 10.6. The molecule has 1 atom stereocenters. The number of benzene rings is 2. The molecule has 98 valence electrons. The first kappa shape index (κ1) is 13.2. The van der Waals surface area contributed by atoms with Gasteiger partial charge in [-0.2, -0.15) is 5.90 Å². The Morgan fingerprint density at radius 1 is 1.21 bits per heavy atom. The van der Waals surface area contributed by atoms with Crippen molar-refractivity contribution < 1.29 is 19.9 Å². The number of halogens is 1. The van der Waals surface area contributed by atoms with E-state index in [4.69, 9.17) is 0 Å². The topological polar surface area (TPSA) is 53.9 Å². The van der Waals surface area contributed by atoms with Crippen LogP contribution in [0.2, 0.25) is 0 Å². The largest absolute Gasteiger partial charge is 0.373 e. The molecular weight excluding hydrogens is 245 g/mol. The maximum absolute atomic E-state index is 14.1. The zero-order valence-electron chi connectivity index (χ0n) is 10.6. The van der Waals surface area contributed by atoms with Gasteiger partial charge in [0.15, 0.2) is 0 Å². The second kappa shape index (κ2) is 5.63. The predicted molar refractivity (Wildman–Crippen MR) is 69.2 cm³/mol. The molecule has 0 radical (unpaired) electrons. The molecule has 0 aliphatic heterocycles. The summed E-state index contributed by atoms with van der Waals surface area (Å²) in [5, 5.41) is 0. The summed E-state index contributed by atoms with van der Waals surface area (Å²) in [6, 6.07) is 14.0. The SMILES string of the molecule is CC(C(=O)O[NH3+])c1ccc(-c2ccccc2)c(F)c1. The highest BCUT2D eigenvalue weighted by atomic mass is 19.1. The Kier molecular flexibility index (Phi) is 3.92. The van der Waals surface area contributed by atoms with Crippen molar-refractivity contribution in [2.24, 2.45) is 0 Å². The van der Waals surface area contributed by atoms with Gasteiger partial charge in [0.25, 0.3) is 0 Å². The molecule has 0 aliphatic carbocycles. The van der Waals surface area contributed by atoms with Crippen molar-refractivity contribution in [3.8, 4) is 11.1 Å². The van der Waals surface area contributed by atoms with Crippen LogP contribution in [0.4, 0.5) is 4.39 Å². The van der Waals surface area contributed by atoms with Gasteiger partial charge in [-0.05, 0) is 24.1 Å². The van der Waals surface area contributed by atoms with E-state index in [0.29, 0.717) is 11.1 Å². The van der Waals surface area contributed by atoms with Crippen molar-refractivity contribution in [3.05, 3.63) is 59.9 Å². The highest BCUT2D eigenvalue weighted by Crippen LogP contribution is 2.26. The number of rotatable bonds is 3. The molecule has 2 aromatic carbocycles. The average molecular weight is 260 g/mol. The molecule has 0 spiro atoms. The number of hydrogen-bond donors (Lipinski definition) is 1. The molecule has 0 saturated carbocycles. The summed E-state index contributed by atoms with van der Waals surface area (Å²) in [5.41, 5.74) is 1.89. The minimum Gasteiger partial charge on any atom is -0.281 e. The third-order valence-electron chi connectivity index (χ3n) is 3.07. The highest BCUT2D eigenvalue weighted by molar-refractivity contribution is 5.77. The van der Waals surface area contributed by atoms with Crippen molar-refractivity contribution in [1.82, 2.24) is 0 Å². The Morgan fingerprint density at radius 2 is 1.89 bits per heavy atom. The van der Waals surface area contributed by atoms with Crippen LogP contribution in [0, 0.1) is 5.82 Å². The van der Waals surface area contributed by atoms with Gasteiger partial charge in [-0.15, -0.1) is 0 Å². The van der Waals surface area contributed by atoms with Crippen LogP contribution in [0.5, 0.6) is 0 Å². The van der Waals surface area contributed by atoms with Gasteiger partial charge in [-0.25, -0.2) is 9.18 Å². The van der Waals surface area contributed by atoms with Crippen molar-refractivity contribution in [3.63, 3.8) is 0 Å². The molecule has 0 fully saturated rings. The molecule has 0 saturated heterocycles. The van der Waals surface area contributed by atoms with Crippen molar-refractivity contribution in [2.45, 2.75) is 12.8 Å². The summed E-state index contributed by atoms with van der Waals surface area (Å²) in [4.78, 5) is 15.8. The Balaban J connectivity index is 2.35. The summed E-state index contributed by atoms with van der Waals surface area (Å²) in [7, 11) is 0. The number of hydrogen-bond acceptors (Lipinski definition) is 2. The number of quaternary nitrogens is 1. The Hall–Kier alpha value is -2.20. The first-order valence-corrected chi connectivity index (χ1v) is 5.94. The van der Waals surface area contributed by atoms with Crippen molar-refractivity contribution >= 4 is 5.97 Å². The lowest BCUT2D eigenvalue weighted by atomic mass is 9.97. The van der Waals surface area contributed by atoms with Gasteiger partial charge in [0, 0.05) is 5.56 Å². The fraction of sp³-hybridized carbons (Fsp3) is 0.133. The molecule has 0 heterocycles. The molecule has 2 aromatic rings. The van der Waals surface area contributed by atoms with E-state index >= 15 is 0 Å². The van der Waals surface area contributed by atoms with Crippen LogP contribution < -0.4 is 5.90 Å². The van der Waals surface area contributed by atoms with E-state index < -0.39 is 11.9 Å². The monoisotopic (exact) mass is 260 g/mol. The normalized spacial score (nSPS) is 11.9. The van der Waals surface area contributed by atoms with Crippen molar-refractivity contribution in [1.29, 1.82) is 0 Å². The molecule has 2 rings (SSSR count). The summed E-state index contributed by atoms with van der Waals surface area (Å²) in [6.45, 7) is 1.66. The van der Waals surface area contributed by atoms with Gasteiger partial charge in [0.1, 0.15) is 5.82 Å². The van der Waals surface area contributed by atoms with Gasteiger partial charge in [-0.1, -0.05) is 42.5 Å². The van der Waals surface area contributed by atoms with Gasteiger partial charge in [0.2, 0.25) is 0 Å². The second-order valence-corrected chi connectivity index (χ2v) is 4.29. The average Bonchev–Trinajstić information content (AvgIpc) is 2.46. The molecule has 3 N–H and O–H groups in total. The lowest BCUT2D eigenvalue weighted by Gasteiger charge is -2.10. The van der Waals surface area contributed by atoms with Crippen LogP contribution in [0.1, 0.15) is 18.4 Å². The third kappa shape index (κ3) is 2.80. The van der Waals surface area contributed by atoms with Gasteiger partial charge < -0.3 is 0 Å². The van der Waals surface area contributed by atoms with Crippen LogP contribution in [-0.4, -0.2) is 5.97 Å². The molecule has 0 amide bonds. The molecule has 0 aromatic heterocycles. The lowest BCUT2D eigenvalue weighted by molar-refractivity contribution is -0.657. The van der Waals surface area contributed by atoms with E-state index in [1.54, 1.807) is 19.1 Å². The third-order valence-corrected chi connectivity index (χ3v) is 3.07. The van der Waals surface area contributed by atoms with Gasteiger partial charge >= 0.3 is 5.97 Å². The van der Waals surface area contributed by atoms with Crippen LogP contribution in [0.3, 0.4) is 0 Å². The minimum absolute atomic E-state index is 0.354. The molecule has 19 heavy (non-hydrogen) atoms. The number of carbonyl (C=O) groups is 1. The Labute approximate surface area is 110 Å². The smallest absolute Gasteiger partial charge is 0.281 e. The highest BCUT2D eigenvalue weighted by Gasteiger charge is 2.19. The molecule has 4 heteroatoms. The van der Waals surface area contributed by atoms with Gasteiger partial charge in [0.05, 0.1) is 5.92 Å². The fourth-order valence-electron chi connectivity index (χ4n) is 1.91. The van der Waals surface area contributed by atoms with Gasteiger partial charge in [-0.3, -0.25) is 4.84 Å². The van der Waals surface area contributed by atoms with E-state index in [1.807, 2.05) is 30.3 Å². The second-order valence-electron chi connectivity index (χ2n) is 4.29. The van der Waals surface area contributed by atoms with E-state index in [0.717, 1.165) is 5.56 Å².